The smallest absolute Gasteiger partial charge is 0.0627 e. The van der Waals surface area contributed by atoms with Gasteiger partial charge in [-0.15, -0.1) is 0 Å². The zero-order valence-electron chi connectivity index (χ0n) is 20.1. The molecule has 0 atom stereocenters. The molecule has 2 aromatic heterocycles. The van der Waals surface area contributed by atoms with Crippen LogP contribution in [0.3, 0.4) is 0 Å². The molecule has 170 valence electrons. The Morgan fingerprint density at radius 3 is 1.70 bits per heavy atom. The minimum atomic E-state index is 1.24. The molecule has 1 nitrogen and oxygen atoms in total. The fraction of sp³-hybridized carbons (Fsp3) is 0. The Bertz CT molecular complexity index is 2270. The Hall–Kier alpha value is -4.88. The highest BCUT2D eigenvalue weighted by Crippen LogP contribution is 2.48. The van der Waals surface area contributed by atoms with Gasteiger partial charge in [0.1, 0.15) is 0 Å². The van der Waals surface area contributed by atoms with Gasteiger partial charge in [-0.05, 0) is 44.3 Å². The first-order chi connectivity index (χ1) is 18.4. The van der Waals surface area contributed by atoms with Crippen LogP contribution in [0.15, 0.2) is 127 Å². The number of para-hydroxylation sites is 1. The van der Waals surface area contributed by atoms with E-state index in [9.17, 15) is 0 Å². The summed E-state index contributed by atoms with van der Waals surface area (Å²) >= 11 is 0. The van der Waals surface area contributed by atoms with Gasteiger partial charge in [-0.2, -0.15) is 0 Å². The summed E-state index contributed by atoms with van der Waals surface area (Å²) in [5, 5.41) is 10.8. The van der Waals surface area contributed by atoms with E-state index in [0.29, 0.717) is 0 Å². The highest BCUT2D eigenvalue weighted by Gasteiger charge is 2.23. The Labute approximate surface area is 213 Å². The largest absolute Gasteiger partial charge is 0.307 e. The molecule has 0 saturated heterocycles. The van der Waals surface area contributed by atoms with Gasteiger partial charge >= 0.3 is 0 Å². The van der Waals surface area contributed by atoms with Crippen LogP contribution in [-0.4, -0.2) is 4.40 Å². The van der Waals surface area contributed by atoms with Crippen LogP contribution in [0.25, 0.3) is 81.9 Å². The molecule has 0 aliphatic heterocycles. The first kappa shape index (κ1) is 19.3. The molecule has 7 aromatic carbocycles. The second-order valence-corrected chi connectivity index (χ2v) is 10.1. The zero-order valence-corrected chi connectivity index (χ0v) is 20.1. The Morgan fingerprint density at radius 1 is 0.324 bits per heavy atom. The van der Waals surface area contributed by atoms with E-state index in [0.717, 1.165) is 0 Å². The molecule has 0 N–H and O–H groups in total. The van der Waals surface area contributed by atoms with Crippen LogP contribution in [0, 0.1) is 0 Å². The van der Waals surface area contributed by atoms with Crippen LogP contribution >= 0.6 is 0 Å². The third-order valence-corrected chi connectivity index (χ3v) is 8.30. The highest BCUT2D eigenvalue weighted by atomic mass is 14.9. The third kappa shape index (κ3) is 2.39. The Balaban J connectivity index is 1.43. The van der Waals surface area contributed by atoms with Crippen LogP contribution in [0.4, 0.5) is 0 Å². The average molecular weight is 468 g/mol. The van der Waals surface area contributed by atoms with E-state index in [1.54, 1.807) is 0 Å². The van der Waals surface area contributed by atoms with E-state index in [1.807, 2.05) is 0 Å². The van der Waals surface area contributed by atoms with Gasteiger partial charge in [-0.3, -0.25) is 0 Å². The normalized spacial score (nSPS) is 12.3. The maximum Gasteiger partial charge on any atom is 0.0627 e. The number of hydrogen-bond donors (Lipinski definition) is 0. The predicted molar refractivity (Wildman–Crippen MR) is 158 cm³/mol. The summed E-state index contributed by atoms with van der Waals surface area (Å²) in [6.45, 7) is 0. The fourth-order valence-corrected chi connectivity index (χ4v) is 6.75. The van der Waals surface area contributed by atoms with Crippen LogP contribution in [0.5, 0.6) is 0 Å². The molecule has 0 fully saturated rings. The molecule has 0 aliphatic carbocycles. The molecular weight excluding hydrogens is 446 g/mol. The van der Waals surface area contributed by atoms with Crippen molar-refractivity contribution in [1.29, 1.82) is 0 Å². The summed E-state index contributed by atoms with van der Waals surface area (Å²) in [4.78, 5) is 0. The molecule has 1 heteroatoms. The lowest BCUT2D eigenvalue weighted by Gasteiger charge is -2.10. The number of rotatable bonds is 2. The third-order valence-electron chi connectivity index (χ3n) is 8.30. The highest BCUT2D eigenvalue weighted by molar-refractivity contribution is 6.39. The number of hydrogen-bond acceptors (Lipinski definition) is 0. The molecule has 0 aliphatic rings. The molecule has 2 heterocycles. The number of nitrogens with zero attached hydrogens (tertiary/aromatic N) is 1. The van der Waals surface area contributed by atoms with Crippen molar-refractivity contribution in [3.05, 3.63) is 127 Å². The minimum Gasteiger partial charge on any atom is -0.307 e. The monoisotopic (exact) mass is 467 g/mol. The van der Waals surface area contributed by atoms with Crippen LogP contribution < -0.4 is 0 Å². The van der Waals surface area contributed by atoms with Crippen molar-refractivity contribution in [2.75, 3.05) is 0 Å². The van der Waals surface area contributed by atoms with Gasteiger partial charge in [0.15, 0.2) is 0 Å². The standard InChI is InChI=1S/C36H21N/c1-2-8-22(9-3-1)23-16-18-24(19-17-23)25-12-6-14-30-31-21-20-29-27-11-5-4-10-26(27)28-13-7-15-32-33(28)34(29)36(31)37(32)35(25)30/h1-21H. The van der Waals surface area contributed by atoms with E-state index in [1.165, 1.54) is 81.9 Å². The molecule has 9 rings (SSSR count). The molecule has 0 unspecified atom stereocenters. The minimum absolute atomic E-state index is 1.24. The maximum absolute atomic E-state index is 2.54. The van der Waals surface area contributed by atoms with Gasteiger partial charge in [0.2, 0.25) is 0 Å². The summed E-state index contributed by atoms with van der Waals surface area (Å²) < 4.78 is 2.54. The average Bonchev–Trinajstić information content (AvgIpc) is 3.50. The number of aromatic nitrogens is 1. The SMILES string of the molecule is c1ccc(-c2ccc(-c3cccc4c5ccc6c7ccccc7c7cccc8c7c6c5n8c34)cc2)cc1. The topological polar surface area (TPSA) is 4.41 Å². The summed E-state index contributed by atoms with van der Waals surface area (Å²) in [6.07, 6.45) is 0. The molecule has 37 heavy (non-hydrogen) atoms. The van der Waals surface area contributed by atoms with Crippen molar-refractivity contribution >= 4 is 59.6 Å². The number of benzene rings is 7. The van der Waals surface area contributed by atoms with Crippen molar-refractivity contribution in [3.63, 3.8) is 0 Å². The van der Waals surface area contributed by atoms with E-state index in [-0.39, 0.29) is 0 Å². The second-order valence-electron chi connectivity index (χ2n) is 10.1. The molecule has 9 aromatic rings. The van der Waals surface area contributed by atoms with Crippen molar-refractivity contribution in [3.8, 4) is 22.3 Å². The Morgan fingerprint density at radius 2 is 0.892 bits per heavy atom. The maximum atomic E-state index is 2.54. The molecule has 0 radical (unpaired) electrons. The van der Waals surface area contributed by atoms with Crippen molar-refractivity contribution in [1.82, 2.24) is 4.40 Å². The van der Waals surface area contributed by atoms with E-state index in [4.69, 9.17) is 0 Å². The number of fused-ring (bicyclic) bond motifs is 7. The molecular formula is C36H21N. The zero-order chi connectivity index (χ0) is 24.1. The second kappa shape index (κ2) is 6.87. The van der Waals surface area contributed by atoms with Gasteiger partial charge in [0, 0.05) is 27.1 Å². The van der Waals surface area contributed by atoms with Gasteiger partial charge < -0.3 is 4.40 Å². The molecule has 0 amide bonds. The lowest BCUT2D eigenvalue weighted by atomic mass is 9.93. The lowest BCUT2D eigenvalue weighted by Crippen LogP contribution is -1.87. The molecule has 0 saturated carbocycles. The molecule has 0 spiro atoms. The van der Waals surface area contributed by atoms with Crippen LogP contribution in [0.1, 0.15) is 0 Å². The van der Waals surface area contributed by atoms with Gasteiger partial charge in [0.25, 0.3) is 0 Å². The van der Waals surface area contributed by atoms with Gasteiger partial charge in [0.05, 0.1) is 16.6 Å². The first-order valence-electron chi connectivity index (χ1n) is 12.9. The van der Waals surface area contributed by atoms with Crippen LogP contribution in [-0.2, 0) is 0 Å². The predicted octanol–water partition coefficient (Wildman–Crippen LogP) is 9.91. The summed E-state index contributed by atoms with van der Waals surface area (Å²) in [7, 11) is 0. The van der Waals surface area contributed by atoms with Gasteiger partial charge in [-0.25, -0.2) is 0 Å². The van der Waals surface area contributed by atoms with E-state index in [2.05, 4.69) is 132 Å². The fourth-order valence-electron chi connectivity index (χ4n) is 6.75. The van der Waals surface area contributed by atoms with Gasteiger partial charge in [-0.1, -0.05) is 121 Å². The lowest BCUT2D eigenvalue weighted by molar-refractivity contribution is 1.37. The van der Waals surface area contributed by atoms with Crippen molar-refractivity contribution in [2.45, 2.75) is 0 Å². The van der Waals surface area contributed by atoms with E-state index >= 15 is 0 Å². The summed E-state index contributed by atoms with van der Waals surface area (Å²) in [6, 6.07) is 46.7. The van der Waals surface area contributed by atoms with E-state index < -0.39 is 0 Å². The van der Waals surface area contributed by atoms with Crippen molar-refractivity contribution in [2.24, 2.45) is 0 Å². The quantitative estimate of drug-likeness (QED) is 0.223. The summed E-state index contributed by atoms with van der Waals surface area (Å²) in [5.74, 6) is 0. The van der Waals surface area contributed by atoms with Crippen LogP contribution in [0.2, 0.25) is 0 Å². The first-order valence-corrected chi connectivity index (χ1v) is 12.9. The van der Waals surface area contributed by atoms with Crippen molar-refractivity contribution < 1.29 is 0 Å². The molecule has 0 bridgehead atoms. The Kier molecular flexibility index (Phi) is 3.59. The summed E-state index contributed by atoms with van der Waals surface area (Å²) in [5.41, 5.74) is 8.94.